The Hall–Kier alpha value is -0.610. The number of methoxy groups -OCH3 is 1. The topological polar surface area (TPSA) is 30.5 Å². The molecule has 0 bridgehead atoms. The third-order valence-corrected chi connectivity index (χ3v) is 4.18. The van der Waals surface area contributed by atoms with Crippen LogP contribution >= 0.6 is 11.6 Å². The fraction of sp³-hybridized carbons (Fsp3) is 0.647. The molecule has 2 atom stereocenters. The smallest absolute Gasteiger partial charge is 0.0587 e. The van der Waals surface area contributed by atoms with Crippen molar-refractivity contribution >= 4 is 11.6 Å². The van der Waals surface area contributed by atoms with E-state index in [9.17, 15) is 0 Å². The Morgan fingerprint density at radius 2 is 2.38 bits per heavy atom. The van der Waals surface area contributed by atoms with Gasteiger partial charge in [0.25, 0.3) is 0 Å². The van der Waals surface area contributed by atoms with Gasteiger partial charge in [0.2, 0.25) is 0 Å². The second kappa shape index (κ2) is 9.42. The Bertz CT molecular complexity index is 408. The SMILES string of the molecule is COCCNCC(Cc1cccc(Cl)c1)CC1CCCO1. The molecule has 1 N–H and O–H groups in total. The molecule has 4 heteroatoms. The van der Waals surface area contributed by atoms with Gasteiger partial charge in [-0.1, -0.05) is 23.7 Å². The molecule has 118 valence electrons. The lowest BCUT2D eigenvalue weighted by atomic mass is 9.92. The van der Waals surface area contributed by atoms with E-state index in [1.807, 2.05) is 12.1 Å². The highest BCUT2D eigenvalue weighted by molar-refractivity contribution is 6.30. The lowest BCUT2D eigenvalue weighted by molar-refractivity contribution is 0.0888. The first-order chi connectivity index (χ1) is 10.3. The predicted octanol–water partition coefficient (Wildman–Crippen LogP) is 3.30. The van der Waals surface area contributed by atoms with Gasteiger partial charge < -0.3 is 14.8 Å². The highest BCUT2D eigenvalue weighted by Crippen LogP contribution is 2.23. The van der Waals surface area contributed by atoms with E-state index in [1.54, 1.807) is 7.11 Å². The molecule has 0 saturated carbocycles. The molecule has 1 aromatic carbocycles. The molecule has 3 nitrogen and oxygen atoms in total. The summed E-state index contributed by atoms with van der Waals surface area (Å²) in [6.45, 7) is 3.57. The third-order valence-electron chi connectivity index (χ3n) is 3.95. The highest BCUT2D eigenvalue weighted by atomic mass is 35.5. The molecule has 1 heterocycles. The van der Waals surface area contributed by atoms with Crippen LogP contribution in [0, 0.1) is 5.92 Å². The van der Waals surface area contributed by atoms with E-state index in [0.29, 0.717) is 12.0 Å². The highest BCUT2D eigenvalue weighted by Gasteiger charge is 2.21. The van der Waals surface area contributed by atoms with Gasteiger partial charge in [-0.05, 0) is 55.8 Å². The molecule has 0 radical (unpaired) electrons. The Morgan fingerprint density at radius 3 is 3.10 bits per heavy atom. The number of benzene rings is 1. The molecular formula is C17H26ClNO2. The van der Waals surface area contributed by atoms with Crippen molar-refractivity contribution in [3.63, 3.8) is 0 Å². The van der Waals surface area contributed by atoms with Crippen molar-refractivity contribution in [2.24, 2.45) is 5.92 Å². The zero-order chi connectivity index (χ0) is 14.9. The van der Waals surface area contributed by atoms with Crippen LogP contribution < -0.4 is 5.32 Å². The summed E-state index contributed by atoms with van der Waals surface area (Å²) in [5.74, 6) is 0.573. The van der Waals surface area contributed by atoms with Crippen LogP contribution in [0.4, 0.5) is 0 Å². The van der Waals surface area contributed by atoms with Crippen LogP contribution in [0.15, 0.2) is 24.3 Å². The molecule has 21 heavy (non-hydrogen) atoms. The summed E-state index contributed by atoms with van der Waals surface area (Å²) in [6.07, 6.45) is 4.99. The lowest BCUT2D eigenvalue weighted by Crippen LogP contribution is -2.29. The van der Waals surface area contributed by atoms with Crippen molar-refractivity contribution in [1.29, 1.82) is 0 Å². The predicted molar refractivity (Wildman–Crippen MR) is 87.0 cm³/mol. The first-order valence-corrected chi connectivity index (χ1v) is 8.21. The van der Waals surface area contributed by atoms with Gasteiger partial charge in [-0.3, -0.25) is 0 Å². The van der Waals surface area contributed by atoms with Crippen molar-refractivity contribution in [3.05, 3.63) is 34.9 Å². The first kappa shape index (κ1) is 16.8. The average Bonchev–Trinajstić information content (AvgIpc) is 2.96. The normalized spacial score (nSPS) is 19.8. The summed E-state index contributed by atoms with van der Waals surface area (Å²) in [6, 6.07) is 8.18. The van der Waals surface area contributed by atoms with Crippen molar-refractivity contribution in [3.8, 4) is 0 Å². The molecule has 1 aliphatic rings. The van der Waals surface area contributed by atoms with Gasteiger partial charge in [-0.25, -0.2) is 0 Å². The van der Waals surface area contributed by atoms with Gasteiger partial charge in [0.15, 0.2) is 0 Å². The van der Waals surface area contributed by atoms with Crippen molar-refractivity contribution in [2.75, 3.05) is 33.4 Å². The molecule has 1 aromatic rings. The van der Waals surface area contributed by atoms with Crippen molar-refractivity contribution in [2.45, 2.75) is 31.8 Å². The van der Waals surface area contributed by atoms with E-state index >= 15 is 0 Å². The second-order valence-corrected chi connectivity index (χ2v) is 6.20. The molecule has 2 unspecified atom stereocenters. The van der Waals surface area contributed by atoms with Gasteiger partial charge in [-0.15, -0.1) is 0 Å². The summed E-state index contributed by atoms with van der Waals surface area (Å²) in [7, 11) is 1.73. The molecular weight excluding hydrogens is 286 g/mol. The number of rotatable bonds is 9. The van der Waals surface area contributed by atoms with Gasteiger partial charge in [0.1, 0.15) is 0 Å². The monoisotopic (exact) mass is 311 g/mol. The number of nitrogens with one attached hydrogen (secondary N) is 1. The molecule has 2 rings (SSSR count). The van der Waals surface area contributed by atoms with Crippen LogP contribution in [0.3, 0.4) is 0 Å². The van der Waals surface area contributed by atoms with Crippen molar-refractivity contribution in [1.82, 2.24) is 5.32 Å². The summed E-state index contributed by atoms with van der Waals surface area (Å²) in [5, 5.41) is 4.30. The van der Waals surface area contributed by atoms with Crippen molar-refractivity contribution < 1.29 is 9.47 Å². The van der Waals surface area contributed by atoms with Gasteiger partial charge in [0, 0.05) is 25.3 Å². The quantitative estimate of drug-likeness (QED) is 0.710. The van der Waals surface area contributed by atoms with Crippen LogP contribution in [-0.4, -0.2) is 39.5 Å². The Labute approximate surface area is 133 Å². The van der Waals surface area contributed by atoms with E-state index in [4.69, 9.17) is 21.1 Å². The minimum absolute atomic E-state index is 0.429. The average molecular weight is 312 g/mol. The molecule has 0 spiro atoms. The molecule has 1 aliphatic heterocycles. The molecule has 0 amide bonds. The number of hydrogen-bond acceptors (Lipinski definition) is 3. The summed E-state index contributed by atoms with van der Waals surface area (Å²) < 4.78 is 10.9. The largest absolute Gasteiger partial charge is 0.383 e. The number of hydrogen-bond donors (Lipinski definition) is 1. The zero-order valence-corrected chi connectivity index (χ0v) is 13.6. The van der Waals surface area contributed by atoms with E-state index in [-0.39, 0.29) is 0 Å². The minimum Gasteiger partial charge on any atom is -0.383 e. The fourth-order valence-corrected chi connectivity index (χ4v) is 3.13. The van der Waals surface area contributed by atoms with Crippen LogP contribution in [0.25, 0.3) is 0 Å². The van der Waals surface area contributed by atoms with Crippen LogP contribution in [-0.2, 0) is 15.9 Å². The molecule has 1 fully saturated rings. The van der Waals surface area contributed by atoms with E-state index in [1.165, 1.54) is 18.4 Å². The first-order valence-electron chi connectivity index (χ1n) is 7.83. The Kier molecular flexibility index (Phi) is 7.51. The summed E-state index contributed by atoms with van der Waals surface area (Å²) in [4.78, 5) is 0. The lowest BCUT2D eigenvalue weighted by Gasteiger charge is -2.21. The summed E-state index contributed by atoms with van der Waals surface area (Å²) >= 11 is 6.09. The van der Waals surface area contributed by atoms with Crippen LogP contribution in [0.2, 0.25) is 5.02 Å². The van der Waals surface area contributed by atoms with Crippen LogP contribution in [0.5, 0.6) is 0 Å². The Balaban J connectivity index is 1.86. The third kappa shape index (κ3) is 6.35. The minimum atomic E-state index is 0.429. The Morgan fingerprint density at radius 1 is 1.48 bits per heavy atom. The fourth-order valence-electron chi connectivity index (χ4n) is 2.92. The van der Waals surface area contributed by atoms with E-state index in [0.717, 1.165) is 44.2 Å². The molecule has 0 aliphatic carbocycles. The number of ether oxygens (including phenoxy) is 2. The number of halogens is 1. The van der Waals surface area contributed by atoms with Gasteiger partial charge in [0.05, 0.1) is 12.7 Å². The van der Waals surface area contributed by atoms with Gasteiger partial charge >= 0.3 is 0 Å². The maximum atomic E-state index is 6.09. The molecule has 1 saturated heterocycles. The maximum absolute atomic E-state index is 6.09. The van der Waals surface area contributed by atoms with Crippen LogP contribution in [0.1, 0.15) is 24.8 Å². The van der Waals surface area contributed by atoms with Gasteiger partial charge in [-0.2, -0.15) is 0 Å². The maximum Gasteiger partial charge on any atom is 0.0587 e. The summed E-state index contributed by atoms with van der Waals surface area (Å²) in [5.41, 5.74) is 1.30. The van der Waals surface area contributed by atoms with E-state index < -0.39 is 0 Å². The zero-order valence-electron chi connectivity index (χ0n) is 12.8. The standard InChI is InChI=1S/C17H26ClNO2/c1-20-9-7-19-13-15(12-17-6-3-8-21-17)10-14-4-2-5-16(18)11-14/h2,4-5,11,15,17,19H,3,6-10,12-13H2,1H3. The van der Waals surface area contributed by atoms with E-state index in [2.05, 4.69) is 17.4 Å². The second-order valence-electron chi connectivity index (χ2n) is 5.77. The molecule has 0 aromatic heterocycles.